The van der Waals surface area contributed by atoms with Crippen LogP contribution in [0.3, 0.4) is 0 Å². The van der Waals surface area contributed by atoms with Crippen molar-refractivity contribution in [3.8, 4) is 0 Å². The molecule has 0 aromatic rings. The summed E-state index contributed by atoms with van der Waals surface area (Å²) in [7, 11) is -3.11. The van der Waals surface area contributed by atoms with Crippen molar-refractivity contribution in [3.63, 3.8) is 0 Å². The summed E-state index contributed by atoms with van der Waals surface area (Å²) in [5.74, 6) is 0. The minimum Gasteiger partial charge on any atom is -0.375 e. The largest absolute Gasteiger partial charge is 0.375 e. The molecule has 5 heteroatoms. The first-order valence-corrected chi connectivity index (χ1v) is 6.18. The Morgan fingerprint density at radius 1 is 1.46 bits per heavy atom. The molecule has 1 heterocycles. The minimum absolute atomic E-state index is 0.0113. The van der Waals surface area contributed by atoms with Gasteiger partial charge < -0.3 is 4.74 Å². The molecule has 1 atom stereocenters. The third kappa shape index (κ3) is 2.42. The van der Waals surface area contributed by atoms with Crippen molar-refractivity contribution in [1.82, 2.24) is 4.31 Å². The Balaban J connectivity index is 2.91. The molecular weight excluding hydrogens is 190 g/mol. The van der Waals surface area contributed by atoms with Gasteiger partial charge in [0.1, 0.15) is 0 Å². The summed E-state index contributed by atoms with van der Waals surface area (Å²) in [4.78, 5) is 0. The van der Waals surface area contributed by atoms with Gasteiger partial charge in [0.25, 0.3) is 0 Å². The molecule has 1 fully saturated rings. The van der Waals surface area contributed by atoms with E-state index in [1.807, 2.05) is 20.8 Å². The number of ether oxygens (including phenoxy) is 1. The lowest BCUT2D eigenvalue weighted by Gasteiger charge is -2.42. The Kier molecular flexibility index (Phi) is 2.71. The van der Waals surface area contributed by atoms with Crippen molar-refractivity contribution in [2.45, 2.75) is 32.4 Å². The summed E-state index contributed by atoms with van der Waals surface area (Å²) in [5, 5.41) is 0. The van der Waals surface area contributed by atoms with Crippen LogP contribution in [0, 0.1) is 0 Å². The number of rotatable bonds is 1. The molecule has 0 radical (unpaired) electrons. The van der Waals surface area contributed by atoms with Crippen LogP contribution >= 0.6 is 0 Å². The maximum absolute atomic E-state index is 11.4. The van der Waals surface area contributed by atoms with Gasteiger partial charge in [-0.3, -0.25) is 0 Å². The van der Waals surface area contributed by atoms with Gasteiger partial charge in [0, 0.05) is 6.54 Å². The number of hydrogen-bond donors (Lipinski definition) is 0. The highest BCUT2D eigenvalue weighted by molar-refractivity contribution is 7.88. The predicted molar refractivity (Wildman–Crippen MR) is 51.0 cm³/mol. The lowest BCUT2D eigenvalue weighted by molar-refractivity contribution is -0.0548. The van der Waals surface area contributed by atoms with Crippen molar-refractivity contribution >= 4 is 10.0 Å². The number of nitrogens with zero attached hydrogens (tertiary/aromatic N) is 1. The Hall–Kier alpha value is -0.130. The van der Waals surface area contributed by atoms with E-state index in [0.29, 0.717) is 13.2 Å². The van der Waals surface area contributed by atoms with Crippen molar-refractivity contribution in [3.05, 3.63) is 0 Å². The summed E-state index contributed by atoms with van der Waals surface area (Å²) < 4.78 is 29.8. The molecule has 1 aliphatic rings. The van der Waals surface area contributed by atoms with Crippen molar-refractivity contribution in [2.75, 3.05) is 19.4 Å². The van der Waals surface area contributed by atoms with Crippen LogP contribution in [0.15, 0.2) is 0 Å². The molecule has 13 heavy (non-hydrogen) atoms. The van der Waals surface area contributed by atoms with Crippen molar-refractivity contribution < 1.29 is 13.2 Å². The maximum atomic E-state index is 11.4. The SMILES string of the molecule is C[C@H]1CN(S(C)(=O)=O)C(C)(C)CO1. The Bertz CT molecular complexity index is 284. The van der Waals surface area contributed by atoms with Gasteiger partial charge in [-0.15, -0.1) is 0 Å². The van der Waals surface area contributed by atoms with E-state index in [9.17, 15) is 8.42 Å². The zero-order chi connectivity index (χ0) is 10.3. The Morgan fingerprint density at radius 3 is 2.38 bits per heavy atom. The molecule has 0 aromatic carbocycles. The highest BCUT2D eigenvalue weighted by Gasteiger charge is 2.38. The average molecular weight is 207 g/mol. The lowest BCUT2D eigenvalue weighted by Crippen LogP contribution is -2.57. The molecule has 1 rings (SSSR count). The molecule has 0 unspecified atom stereocenters. The fourth-order valence-corrected chi connectivity index (χ4v) is 2.97. The molecule has 4 nitrogen and oxygen atoms in total. The van der Waals surface area contributed by atoms with Crippen LogP contribution in [0.1, 0.15) is 20.8 Å². The maximum Gasteiger partial charge on any atom is 0.211 e. The molecule has 0 aliphatic carbocycles. The first-order chi connectivity index (χ1) is 5.73. The zero-order valence-corrected chi connectivity index (χ0v) is 9.39. The molecule has 1 aliphatic heterocycles. The standard InChI is InChI=1S/C8H17NO3S/c1-7-5-9(13(4,10)11)8(2,3)6-12-7/h7H,5-6H2,1-4H3/t7-/m0/s1. The van der Waals surface area contributed by atoms with Gasteiger partial charge in [0.15, 0.2) is 0 Å². The van der Waals surface area contributed by atoms with Gasteiger partial charge in [-0.2, -0.15) is 4.31 Å². The van der Waals surface area contributed by atoms with Crippen molar-refractivity contribution in [1.29, 1.82) is 0 Å². The third-order valence-electron chi connectivity index (χ3n) is 2.22. The van der Waals surface area contributed by atoms with E-state index in [-0.39, 0.29) is 6.10 Å². The normalized spacial score (nSPS) is 30.3. The third-order valence-corrected chi connectivity index (χ3v) is 3.66. The first kappa shape index (κ1) is 10.9. The van der Waals surface area contributed by atoms with Crippen LogP contribution < -0.4 is 0 Å². The highest BCUT2D eigenvalue weighted by atomic mass is 32.2. The Labute approximate surface area is 79.9 Å². The fraction of sp³-hybridized carbons (Fsp3) is 1.00. The number of hydrogen-bond acceptors (Lipinski definition) is 3. The van der Waals surface area contributed by atoms with Crippen LogP contribution in [0.2, 0.25) is 0 Å². The molecule has 1 saturated heterocycles. The quantitative estimate of drug-likeness (QED) is 0.627. The predicted octanol–water partition coefficient (Wildman–Crippen LogP) is 0.445. The van der Waals surface area contributed by atoms with Crippen LogP contribution in [0.5, 0.6) is 0 Å². The number of morpholine rings is 1. The fourth-order valence-electron chi connectivity index (χ4n) is 1.54. The molecule has 0 spiro atoms. The number of sulfonamides is 1. The summed E-state index contributed by atoms with van der Waals surface area (Å²) >= 11 is 0. The van der Waals surface area contributed by atoms with E-state index in [0.717, 1.165) is 0 Å². The minimum atomic E-state index is -3.11. The van der Waals surface area contributed by atoms with E-state index < -0.39 is 15.6 Å². The molecule has 0 bridgehead atoms. The summed E-state index contributed by atoms with van der Waals surface area (Å²) in [6.45, 7) is 6.54. The zero-order valence-electron chi connectivity index (χ0n) is 8.57. The van der Waals surface area contributed by atoms with E-state index >= 15 is 0 Å². The summed E-state index contributed by atoms with van der Waals surface area (Å²) in [6.07, 6.45) is 1.23. The van der Waals surface area contributed by atoms with Gasteiger partial charge in [-0.05, 0) is 20.8 Å². The van der Waals surface area contributed by atoms with E-state index in [4.69, 9.17) is 4.74 Å². The van der Waals surface area contributed by atoms with E-state index in [2.05, 4.69) is 0 Å². The van der Waals surface area contributed by atoms with Crippen LogP contribution in [0.25, 0.3) is 0 Å². The van der Waals surface area contributed by atoms with Gasteiger partial charge in [0.2, 0.25) is 10.0 Å². The lowest BCUT2D eigenvalue weighted by atomic mass is 10.1. The first-order valence-electron chi connectivity index (χ1n) is 4.33. The second-order valence-electron chi connectivity index (χ2n) is 4.23. The summed E-state index contributed by atoms with van der Waals surface area (Å²) in [5.41, 5.74) is -0.417. The smallest absolute Gasteiger partial charge is 0.211 e. The molecule has 78 valence electrons. The highest BCUT2D eigenvalue weighted by Crippen LogP contribution is 2.24. The molecule has 0 N–H and O–H groups in total. The topological polar surface area (TPSA) is 46.6 Å². The average Bonchev–Trinajstić information content (AvgIpc) is 1.92. The summed E-state index contributed by atoms with van der Waals surface area (Å²) in [6, 6.07) is 0. The monoisotopic (exact) mass is 207 g/mol. The second kappa shape index (κ2) is 3.22. The molecule has 0 aromatic heterocycles. The van der Waals surface area contributed by atoms with Crippen LogP contribution in [-0.2, 0) is 14.8 Å². The molecular formula is C8H17NO3S. The molecule has 0 amide bonds. The van der Waals surface area contributed by atoms with Crippen LogP contribution in [0.4, 0.5) is 0 Å². The van der Waals surface area contributed by atoms with E-state index in [1.54, 1.807) is 0 Å². The van der Waals surface area contributed by atoms with Crippen LogP contribution in [-0.4, -0.2) is 43.8 Å². The Morgan fingerprint density at radius 2 is 2.00 bits per heavy atom. The van der Waals surface area contributed by atoms with Gasteiger partial charge in [0.05, 0.1) is 24.5 Å². The van der Waals surface area contributed by atoms with E-state index in [1.165, 1.54) is 10.6 Å². The molecule has 0 saturated carbocycles. The van der Waals surface area contributed by atoms with Gasteiger partial charge in [-0.1, -0.05) is 0 Å². The van der Waals surface area contributed by atoms with Gasteiger partial charge >= 0.3 is 0 Å². The van der Waals surface area contributed by atoms with Gasteiger partial charge in [-0.25, -0.2) is 8.42 Å². The second-order valence-corrected chi connectivity index (χ2v) is 6.13. The van der Waals surface area contributed by atoms with Crippen molar-refractivity contribution in [2.24, 2.45) is 0 Å².